The Bertz CT molecular complexity index is 699. The fraction of sp³-hybridized carbons (Fsp3) is 0.357. The Kier molecular flexibility index (Phi) is 5.03. The molecule has 0 aliphatic rings. The minimum absolute atomic E-state index is 0.155. The van der Waals surface area contributed by atoms with Crippen LogP contribution in [0.4, 0.5) is 0 Å². The first-order valence-corrected chi connectivity index (χ1v) is 8.81. The monoisotopic (exact) mass is 327 g/mol. The molecule has 0 spiro atoms. The molecule has 5 nitrogen and oxygen atoms in total. The van der Waals surface area contributed by atoms with Crippen LogP contribution < -0.4 is 5.32 Å². The molecular formula is C14H18ClN3O2S. The second-order valence-corrected chi connectivity index (χ2v) is 7.42. The summed E-state index contributed by atoms with van der Waals surface area (Å²) in [5, 5.41) is 3.75. The van der Waals surface area contributed by atoms with Gasteiger partial charge in [-0.25, -0.2) is 13.4 Å². The van der Waals surface area contributed by atoms with Crippen molar-refractivity contribution in [2.75, 3.05) is 6.26 Å². The average Bonchev–Trinajstić information content (AvgIpc) is 2.88. The van der Waals surface area contributed by atoms with Gasteiger partial charge in [0.2, 0.25) is 0 Å². The van der Waals surface area contributed by atoms with Crippen molar-refractivity contribution >= 4 is 21.4 Å². The van der Waals surface area contributed by atoms with Crippen LogP contribution in [-0.4, -0.2) is 30.3 Å². The summed E-state index contributed by atoms with van der Waals surface area (Å²) in [5.74, 6) is 0. The maximum absolute atomic E-state index is 11.8. The molecule has 0 saturated heterocycles. The van der Waals surface area contributed by atoms with Gasteiger partial charge in [-0.05, 0) is 19.1 Å². The molecule has 2 rings (SSSR count). The number of imidazole rings is 1. The molecule has 1 atom stereocenters. The maximum atomic E-state index is 11.8. The van der Waals surface area contributed by atoms with Crippen LogP contribution in [0.25, 0.3) is 0 Å². The fourth-order valence-corrected chi connectivity index (χ4v) is 3.36. The Morgan fingerprint density at radius 3 is 2.81 bits per heavy atom. The van der Waals surface area contributed by atoms with Crippen LogP contribution in [0.3, 0.4) is 0 Å². The molecule has 1 heterocycles. The van der Waals surface area contributed by atoms with Crippen molar-refractivity contribution in [1.29, 1.82) is 0 Å². The molecule has 1 N–H and O–H groups in total. The third-order valence-electron chi connectivity index (χ3n) is 3.15. The van der Waals surface area contributed by atoms with Crippen molar-refractivity contribution < 1.29 is 8.42 Å². The number of hydrogen-bond acceptors (Lipinski definition) is 4. The summed E-state index contributed by atoms with van der Waals surface area (Å²) in [4.78, 5) is 4.26. The molecule has 2 aromatic rings. The van der Waals surface area contributed by atoms with E-state index in [2.05, 4.69) is 10.3 Å². The Morgan fingerprint density at radius 1 is 1.43 bits per heavy atom. The molecule has 0 aliphatic heterocycles. The fourth-order valence-electron chi connectivity index (χ4n) is 2.11. The number of nitrogens with one attached hydrogen (secondary N) is 1. The lowest BCUT2D eigenvalue weighted by Crippen LogP contribution is -2.30. The van der Waals surface area contributed by atoms with E-state index in [0.29, 0.717) is 17.1 Å². The minimum Gasteiger partial charge on any atom is -0.336 e. The molecule has 0 radical (unpaired) electrons. The van der Waals surface area contributed by atoms with E-state index in [0.717, 1.165) is 6.54 Å². The predicted molar refractivity (Wildman–Crippen MR) is 83.1 cm³/mol. The summed E-state index contributed by atoms with van der Waals surface area (Å²) < 4.78 is 25.6. The van der Waals surface area contributed by atoms with Gasteiger partial charge in [-0.1, -0.05) is 17.7 Å². The molecule has 0 bridgehead atoms. The minimum atomic E-state index is -3.29. The largest absolute Gasteiger partial charge is 0.336 e. The maximum Gasteiger partial charge on any atom is 0.175 e. The molecule has 1 aromatic heterocycles. The number of nitrogens with zero attached hydrogens (tertiary/aromatic N) is 2. The summed E-state index contributed by atoms with van der Waals surface area (Å²) in [6, 6.07) is 5.09. The van der Waals surface area contributed by atoms with E-state index >= 15 is 0 Å². The van der Waals surface area contributed by atoms with Crippen LogP contribution in [0.2, 0.25) is 5.02 Å². The number of sulfone groups is 1. The van der Waals surface area contributed by atoms with E-state index in [1.165, 1.54) is 6.26 Å². The Labute approximate surface area is 129 Å². The summed E-state index contributed by atoms with van der Waals surface area (Å²) in [5.41, 5.74) is 0.610. The predicted octanol–water partition coefficient (Wildman–Crippen LogP) is 2.12. The molecule has 0 aliphatic carbocycles. The third-order valence-corrected chi connectivity index (χ3v) is 4.68. The standard InChI is InChI=1S/C14H18ClN3O2S/c1-11(9-18-7-6-16-10-18)17-8-12-13(15)4-3-5-14(12)21(2,19)20/h3-7,10-11,17H,8-9H2,1-2H3. The Morgan fingerprint density at radius 2 is 2.19 bits per heavy atom. The molecule has 1 unspecified atom stereocenters. The highest BCUT2D eigenvalue weighted by Crippen LogP contribution is 2.23. The second kappa shape index (κ2) is 6.60. The van der Waals surface area contributed by atoms with Crippen LogP contribution in [0.1, 0.15) is 12.5 Å². The first kappa shape index (κ1) is 16.0. The SMILES string of the molecule is CC(Cn1ccnc1)NCc1c(Cl)cccc1S(C)(=O)=O. The highest BCUT2D eigenvalue weighted by atomic mass is 35.5. The van der Waals surface area contributed by atoms with Gasteiger partial charge in [0.25, 0.3) is 0 Å². The normalized spacial score (nSPS) is 13.3. The van der Waals surface area contributed by atoms with Crippen molar-refractivity contribution in [2.24, 2.45) is 0 Å². The van der Waals surface area contributed by atoms with Crippen molar-refractivity contribution in [2.45, 2.75) is 31.0 Å². The summed E-state index contributed by atoms with van der Waals surface area (Å²) in [6.07, 6.45) is 6.55. The van der Waals surface area contributed by atoms with E-state index in [4.69, 9.17) is 11.6 Å². The zero-order valence-electron chi connectivity index (χ0n) is 12.0. The van der Waals surface area contributed by atoms with Crippen molar-refractivity contribution in [3.63, 3.8) is 0 Å². The summed E-state index contributed by atoms with van der Waals surface area (Å²) in [6.45, 7) is 3.17. The average molecular weight is 328 g/mol. The quantitative estimate of drug-likeness (QED) is 0.882. The number of rotatable bonds is 6. The number of hydrogen-bond donors (Lipinski definition) is 1. The van der Waals surface area contributed by atoms with E-state index < -0.39 is 9.84 Å². The Balaban J connectivity index is 2.09. The molecule has 1 aromatic carbocycles. The molecular weight excluding hydrogens is 310 g/mol. The summed E-state index contributed by atoms with van der Waals surface area (Å²) >= 11 is 6.14. The van der Waals surface area contributed by atoms with Gasteiger partial charge >= 0.3 is 0 Å². The van der Waals surface area contributed by atoms with Crippen LogP contribution in [-0.2, 0) is 22.9 Å². The Hall–Kier alpha value is -1.37. The number of halogens is 1. The van der Waals surface area contributed by atoms with Crippen LogP contribution in [0, 0.1) is 0 Å². The van der Waals surface area contributed by atoms with Gasteiger partial charge < -0.3 is 9.88 Å². The third kappa shape index (κ3) is 4.30. The van der Waals surface area contributed by atoms with E-state index in [-0.39, 0.29) is 10.9 Å². The van der Waals surface area contributed by atoms with E-state index in [1.807, 2.05) is 17.7 Å². The smallest absolute Gasteiger partial charge is 0.175 e. The van der Waals surface area contributed by atoms with Crippen LogP contribution in [0.15, 0.2) is 41.8 Å². The van der Waals surface area contributed by atoms with Gasteiger partial charge in [0.15, 0.2) is 9.84 Å². The molecule has 0 amide bonds. The second-order valence-electron chi connectivity index (χ2n) is 5.03. The lowest BCUT2D eigenvalue weighted by molar-refractivity contribution is 0.474. The number of benzene rings is 1. The zero-order chi connectivity index (χ0) is 15.5. The number of aromatic nitrogens is 2. The first-order chi connectivity index (χ1) is 9.88. The summed E-state index contributed by atoms with van der Waals surface area (Å²) in [7, 11) is -3.29. The van der Waals surface area contributed by atoms with Gasteiger partial charge in [0.1, 0.15) is 0 Å². The van der Waals surface area contributed by atoms with Crippen molar-refractivity contribution in [1.82, 2.24) is 14.9 Å². The van der Waals surface area contributed by atoms with Crippen LogP contribution >= 0.6 is 11.6 Å². The van der Waals surface area contributed by atoms with E-state index in [9.17, 15) is 8.42 Å². The molecule has 7 heteroatoms. The van der Waals surface area contributed by atoms with Crippen molar-refractivity contribution in [3.8, 4) is 0 Å². The lowest BCUT2D eigenvalue weighted by atomic mass is 10.2. The van der Waals surface area contributed by atoms with E-state index in [1.54, 1.807) is 30.7 Å². The topological polar surface area (TPSA) is 64.0 Å². The molecule has 21 heavy (non-hydrogen) atoms. The van der Waals surface area contributed by atoms with Gasteiger partial charge in [-0.15, -0.1) is 0 Å². The molecule has 0 saturated carbocycles. The van der Waals surface area contributed by atoms with Crippen LogP contribution in [0.5, 0.6) is 0 Å². The van der Waals surface area contributed by atoms with Crippen molar-refractivity contribution in [3.05, 3.63) is 47.5 Å². The zero-order valence-corrected chi connectivity index (χ0v) is 13.5. The highest BCUT2D eigenvalue weighted by Gasteiger charge is 2.16. The van der Waals surface area contributed by atoms with Gasteiger partial charge in [0, 0.05) is 48.4 Å². The first-order valence-electron chi connectivity index (χ1n) is 6.54. The lowest BCUT2D eigenvalue weighted by Gasteiger charge is -2.16. The molecule has 0 fully saturated rings. The van der Waals surface area contributed by atoms with Gasteiger partial charge in [-0.2, -0.15) is 0 Å². The van der Waals surface area contributed by atoms with Gasteiger partial charge in [0.05, 0.1) is 11.2 Å². The molecule has 114 valence electrons. The highest BCUT2D eigenvalue weighted by molar-refractivity contribution is 7.90. The van der Waals surface area contributed by atoms with Gasteiger partial charge in [-0.3, -0.25) is 0 Å².